The van der Waals surface area contributed by atoms with Crippen molar-refractivity contribution in [3.63, 3.8) is 0 Å². The number of amides is 1. The van der Waals surface area contributed by atoms with Crippen molar-refractivity contribution < 1.29 is 9.59 Å². The molecule has 0 saturated heterocycles. The molecule has 1 aromatic carbocycles. The van der Waals surface area contributed by atoms with Crippen LogP contribution in [0.25, 0.3) is 0 Å². The third-order valence-corrected chi connectivity index (χ3v) is 3.68. The second kappa shape index (κ2) is 6.56. The van der Waals surface area contributed by atoms with Gasteiger partial charge in [-0.05, 0) is 38.0 Å². The highest BCUT2D eigenvalue weighted by atomic mass is 16.2. The van der Waals surface area contributed by atoms with Gasteiger partial charge in [-0.1, -0.05) is 12.1 Å². The average Bonchev–Trinajstić information content (AvgIpc) is 2.77. The molecule has 22 heavy (non-hydrogen) atoms. The first-order valence-electron chi connectivity index (χ1n) is 7.28. The number of Topliss-reactive ketones (excluding diaryl/α,β-unsaturated/α-hetero) is 1. The van der Waals surface area contributed by atoms with Gasteiger partial charge in [0.15, 0.2) is 5.78 Å². The van der Waals surface area contributed by atoms with Crippen molar-refractivity contribution in [2.45, 2.75) is 33.6 Å². The van der Waals surface area contributed by atoms with E-state index < -0.39 is 0 Å². The normalized spacial score (nSPS) is 10.5. The zero-order valence-electron chi connectivity index (χ0n) is 13.4. The Labute approximate surface area is 130 Å². The molecule has 0 bridgehead atoms. The summed E-state index contributed by atoms with van der Waals surface area (Å²) < 4.78 is 1.61. The molecule has 0 aliphatic rings. The summed E-state index contributed by atoms with van der Waals surface area (Å²) >= 11 is 0. The Morgan fingerprint density at radius 3 is 2.41 bits per heavy atom. The summed E-state index contributed by atoms with van der Waals surface area (Å²) in [5.74, 6) is 0.445. The lowest BCUT2D eigenvalue weighted by Gasteiger charge is -2.06. The maximum Gasteiger partial charge on any atom is 0.225 e. The van der Waals surface area contributed by atoms with Crippen LogP contribution in [0.5, 0.6) is 0 Å². The summed E-state index contributed by atoms with van der Waals surface area (Å²) in [6.45, 7) is 5.84. The van der Waals surface area contributed by atoms with Crippen LogP contribution in [-0.2, 0) is 11.8 Å². The van der Waals surface area contributed by atoms with Gasteiger partial charge in [-0.15, -0.1) is 0 Å². The first-order valence-corrected chi connectivity index (χ1v) is 7.28. The molecule has 1 aromatic heterocycles. The van der Waals surface area contributed by atoms with Crippen molar-refractivity contribution in [2.75, 3.05) is 5.32 Å². The first kappa shape index (κ1) is 15.9. The van der Waals surface area contributed by atoms with Crippen LogP contribution < -0.4 is 5.32 Å². The van der Waals surface area contributed by atoms with Crippen LogP contribution in [0.2, 0.25) is 0 Å². The average molecular weight is 299 g/mol. The minimum absolute atomic E-state index is 0.0144. The lowest BCUT2D eigenvalue weighted by Crippen LogP contribution is -2.15. The van der Waals surface area contributed by atoms with E-state index >= 15 is 0 Å². The molecule has 1 amide bonds. The summed E-state index contributed by atoms with van der Waals surface area (Å²) in [7, 11) is 1.77. The molecule has 0 spiro atoms. The zero-order valence-corrected chi connectivity index (χ0v) is 13.4. The fourth-order valence-corrected chi connectivity index (χ4v) is 2.22. The lowest BCUT2D eigenvalue weighted by atomic mass is 10.0. The molecule has 116 valence electrons. The molecule has 5 nitrogen and oxygen atoms in total. The van der Waals surface area contributed by atoms with Crippen molar-refractivity contribution >= 4 is 17.5 Å². The Balaban J connectivity index is 1.91. The van der Waals surface area contributed by atoms with Crippen molar-refractivity contribution in [2.24, 2.45) is 7.05 Å². The summed E-state index contributed by atoms with van der Waals surface area (Å²) in [6, 6.07) is 7.41. The number of nitrogens with one attached hydrogen (secondary N) is 1. The van der Waals surface area contributed by atoms with E-state index in [4.69, 9.17) is 0 Å². The minimum atomic E-state index is -0.180. The Bertz CT molecular complexity index is 717. The van der Waals surface area contributed by atoms with Gasteiger partial charge >= 0.3 is 0 Å². The van der Waals surface area contributed by atoms with Crippen LogP contribution >= 0.6 is 0 Å². The van der Waals surface area contributed by atoms with Crippen LogP contribution in [0, 0.1) is 20.8 Å². The lowest BCUT2D eigenvalue weighted by molar-refractivity contribution is -0.116. The molecule has 0 aliphatic heterocycles. The van der Waals surface area contributed by atoms with E-state index in [1.807, 2.05) is 39.0 Å². The third kappa shape index (κ3) is 3.81. The fraction of sp³-hybridized carbons (Fsp3) is 0.353. The van der Waals surface area contributed by atoms with Gasteiger partial charge in [-0.2, -0.15) is 5.10 Å². The maximum atomic E-state index is 12.1. The van der Waals surface area contributed by atoms with Gasteiger partial charge in [-0.25, -0.2) is 0 Å². The maximum absolute atomic E-state index is 12.1. The quantitative estimate of drug-likeness (QED) is 0.863. The molecule has 0 radical (unpaired) electrons. The number of hydrogen-bond acceptors (Lipinski definition) is 3. The molecule has 0 fully saturated rings. The number of carbonyl (C=O) groups is 2. The Kier molecular flexibility index (Phi) is 4.75. The topological polar surface area (TPSA) is 64.0 Å². The largest absolute Gasteiger partial charge is 0.311 e. The Morgan fingerprint density at radius 2 is 1.82 bits per heavy atom. The molecule has 2 aromatic rings. The number of anilines is 1. The second-order valence-electron chi connectivity index (χ2n) is 5.56. The monoisotopic (exact) mass is 299 g/mol. The molecule has 1 heterocycles. The molecule has 1 N–H and O–H groups in total. The standard InChI is InChI=1S/C17H21N3O2/c1-11-5-6-14(9-12(11)2)15(21)7-8-17(22)18-16-10-13(3)19-20(16)4/h5-6,9-10H,7-8H2,1-4H3,(H,18,22). The van der Waals surface area contributed by atoms with E-state index in [1.165, 1.54) is 0 Å². The number of aromatic nitrogens is 2. The fourth-order valence-electron chi connectivity index (χ4n) is 2.22. The zero-order chi connectivity index (χ0) is 16.3. The van der Waals surface area contributed by atoms with Crippen LogP contribution in [-0.4, -0.2) is 21.5 Å². The predicted octanol–water partition coefficient (Wildman–Crippen LogP) is 2.95. The summed E-state index contributed by atoms with van der Waals surface area (Å²) in [4.78, 5) is 24.1. The summed E-state index contributed by atoms with van der Waals surface area (Å²) in [6.07, 6.45) is 0.362. The smallest absolute Gasteiger partial charge is 0.225 e. The number of ketones is 1. The van der Waals surface area contributed by atoms with Crippen LogP contribution in [0.4, 0.5) is 5.82 Å². The van der Waals surface area contributed by atoms with Crippen molar-refractivity contribution in [1.82, 2.24) is 9.78 Å². The predicted molar refractivity (Wildman–Crippen MR) is 86.1 cm³/mol. The van der Waals surface area contributed by atoms with Crippen molar-refractivity contribution in [3.8, 4) is 0 Å². The van der Waals surface area contributed by atoms with Crippen LogP contribution in [0.1, 0.15) is 40.0 Å². The number of carbonyl (C=O) groups excluding carboxylic acids is 2. The molecular weight excluding hydrogens is 278 g/mol. The molecule has 0 saturated carbocycles. The number of aryl methyl sites for hydroxylation is 4. The van der Waals surface area contributed by atoms with E-state index in [1.54, 1.807) is 17.8 Å². The highest BCUT2D eigenvalue weighted by Crippen LogP contribution is 2.13. The van der Waals surface area contributed by atoms with E-state index in [2.05, 4.69) is 10.4 Å². The van der Waals surface area contributed by atoms with Gasteiger partial charge in [0.25, 0.3) is 0 Å². The SMILES string of the molecule is Cc1cc(NC(=O)CCC(=O)c2ccc(C)c(C)c2)n(C)n1. The minimum Gasteiger partial charge on any atom is -0.311 e. The van der Waals surface area contributed by atoms with Gasteiger partial charge in [0, 0.05) is 31.5 Å². The Hall–Kier alpha value is -2.43. The van der Waals surface area contributed by atoms with Gasteiger partial charge < -0.3 is 5.32 Å². The Morgan fingerprint density at radius 1 is 1.09 bits per heavy atom. The van der Waals surface area contributed by atoms with Gasteiger partial charge in [0.1, 0.15) is 5.82 Å². The second-order valence-corrected chi connectivity index (χ2v) is 5.56. The van der Waals surface area contributed by atoms with E-state index in [-0.39, 0.29) is 24.5 Å². The molecule has 0 unspecified atom stereocenters. The van der Waals surface area contributed by atoms with E-state index in [0.717, 1.165) is 16.8 Å². The molecule has 0 atom stereocenters. The summed E-state index contributed by atoms with van der Waals surface area (Å²) in [5, 5.41) is 6.93. The number of rotatable bonds is 5. The van der Waals surface area contributed by atoms with E-state index in [0.29, 0.717) is 11.4 Å². The number of hydrogen-bond donors (Lipinski definition) is 1. The van der Waals surface area contributed by atoms with Crippen LogP contribution in [0.15, 0.2) is 24.3 Å². The van der Waals surface area contributed by atoms with Gasteiger partial charge in [0.2, 0.25) is 5.91 Å². The molecule has 5 heteroatoms. The molecular formula is C17H21N3O2. The molecule has 0 aliphatic carbocycles. The van der Waals surface area contributed by atoms with Gasteiger partial charge in [-0.3, -0.25) is 14.3 Å². The molecule has 2 rings (SSSR count). The van der Waals surface area contributed by atoms with Crippen LogP contribution in [0.3, 0.4) is 0 Å². The number of nitrogens with zero attached hydrogens (tertiary/aromatic N) is 2. The van der Waals surface area contributed by atoms with E-state index in [9.17, 15) is 9.59 Å². The first-order chi connectivity index (χ1) is 10.4. The van der Waals surface area contributed by atoms with Crippen molar-refractivity contribution in [1.29, 1.82) is 0 Å². The highest BCUT2D eigenvalue weighted by molar-refractivity contribution is 6.00. The van der Waals surface area contributed by atoms with Crippen molar-refractivity contribution in [3.05, 3.63) is 46.6 Å². The van der Waals surface area contributed by atoms with Gasteiger partial charge in [0.05, 0.1) is 5.69 Å². The third-order valence-electron chi connectivity index (χ3n) is 3.68. The summed E-state index contributed by atoms with van der Waals surface area (Å²) in [5.41, 5.74) is 3.73. The highest BCUT2D eigenvalue weighted by Gasteiger charge is 2.12. The number of benzene rings is 1.